The van der Waals surface area contributed by atoms with Gasteiger partial charge < -0.3 is 23.7 Å². The second-order valence-corrected chi connectivity index (χ2v) is 24.2. The van der Waals surface area contributed by atoms with Crippen molar-refractivity contribution in [2.75, 3.05) is 6.61 Å². The largest absolute Gasteiger partial charge is 0.483 e. The summed E-state index contributed by atoms with van der Waals surface area (Å²) in [5, 5.41) is 29.9. The molecule has 38 heteroatoms. The Bertz CT molecular complexity index is 4820. The van der Waals surface area contributed by atoms with Crippen molar-refractivity contribution in [1.82, 2.24) is 58.4 Å². The molecule has 0 bridgehead atoms. The Kier molecular flexibility index (Phi) is 25.9. The minimum atomic E-state index is -4.86. The molecule has 0 amide bonds. The Balaban J connectivity index is 0.000000169. The zero-order chi connectivity index (χ0) is 80.6. The first-order valence-electron chi connectivity index (χ1n) is 33.3. The molecule has 0 spiro atoms. The number of nitrogens with zero attached hydrogens (tertiary/aromatic N) is 12. The van der Waals surface area contributed by atoms with Crippen LogP contribution < -0.4 is 18.9 Å². The molecular formula is C72H63F21N12O5. The summed E-state index contributed by atoms with van der Waals surface area (Å²) in [6.07, 6.45) is -14.8. The van der Waals surface area contributed by atoms with E-state index in [0.717, 1.165) is 46.9 Å². The zero-order valence-electron chi connectivity index (χ0n) is 58.8. The highest BCUT2D eigenvalue weighted by molar-refractivity contribution is 5.58. The number of fused-ring (bicyclic) bond motifs is 4. The van der Waals surface area contributed by atoms with Crippen molar-refractivity contribution in [3.8, 4) is 23.0 Å². The van der Waals surface area contributed by atoms with Crippen LogP contribution in [0, 0.1) is 52.4 Å². The fourth-order valence-corrected chi connectivity index (χ4v) is 11.4. The van der Waals surface area contributed by atoms with E-state index >= 15 is 0 Å². The highest BCUT2D eigenvalue weighted by Crippen LogP contribution is 2.44. The SMILES string of the molecule is CCCc1nnc2c(C(F)(F)F)c(C(C)Oc3ccc(F)cc3F)ccn12.CCCc1nnc2c(C(F)(F)F)c(C(C)Oc3ccc(F)cc3F)ccn12.CCCc1nnc2c(C(F)(F)F)c(C(C)Oc3ccc(F)cc3F)ccn12.CCOCc1nnc2c(C(F)(F)F)c(C(C)Oc3c(F)cc(F)cc3F)ccn12. The lowest BCUT2D eigenvalue weighted by Crippen LogP contribution is -2.17. The maximum absolute atomic E-state index is 13.8. The van der Waals surface area contributed by atoms with Crippen LogP contribution in [0.15, 0.2) is 116 Å². The molecule has 0 saturated carbocycles. The summed E-state index contributed by atoms with van der Waals surface area (Å²) in [4.78, 5) is 0. The zero-order valence-corrected chi connectivity index (χ0v) is 58.8. The molecule has 4 aromatic carbocycles. The van der Waals surface area contributed by atoms with Crippen molar-refractivity contribution in [3.05, 3.63) is 236 Å². The van der Waals surface area contributed by atoms with Gasteiger partial charge in [0, 0.05) is 103 Å². The molecule has 0 saturated heterocycles. The van der Waals surface area contributed by atoms with Gasteiger partial charge in [0.05, 0.1) is 0 Å². The van der Waals surface area contributed by atoms with E-state index in [1.807, 2.05) is 20.8 Å². The molecule has 0 N–H and O–H groups in total. The number of hydrogen-bond acceptors (Lipinski definition) is 13. The molecule has 0 fully saturated rings. The standard InChI is InChI=1S/C18H15F6N3O2.3C18H16F5N3O/c1-3-28-8-14-25-26-17-15(18(22,23)24)11(4-5-27(14)17)9(2)29-16-12(20)6-10(19)7-13(16)21;3*1-3-4-15-24-25-17-16(18(21,22)23)12(7-8-26(15)17)10(2)27-14-6-5-11(19)9-13(14)20/h4-7,9H,3,8H2,1-2H3;3*5-10H,3-4H2,1-2H3. The molecule has 0 aliphatic carbocycles. The summed E-state index contributed by atoms with van der Waals surface area (Å²) in [6, 6.07) is 13.4. The maximum atomic E-state index is 13.8. The van der Waals surface area contributed by atoms with Gasteiger partial charge in [-0.3, -0.25) is 17.6 Å². The number of benzene rings is 4. The van der Waals surface area contributed by atoms with Crippen LogP contribution >= 0.6 is 0 Å². The van der Waals surface area contributed by atoms with Crippen LogP contribution in [0.2, 0.25) is 0 Å². The predicted octanol–water partition coefficient (Wildman–Crippen LogP) is 20.2. The molecule has 110 heavy (non-hydrogen) atoms. The van der Waals surface area contributed by atoms with Gasteiger partial charge >= 0.3 is 24.7 Å². The van der Waals surface area contributed by atoms with Crippen LogP contribution in [-0.2, 0) is 55.3 Å². The van der Waals surface area contributed by atoms with Crippen LogP contribution in [0.25, 0.3) is 22.6 Å². The van der Waals surface area contributed by atoms with Crippen molar-refractivity contribution in [2.24, 2.45) is 0 Å². The fraction of sp³-hybridized carbons (Fsp3) is 0.333. The summed E-state index contributed by atoms with van der Waals surface area (Å²) < 4.78 is 317. The Morgan fingerprint density at radius 3 is 0.827 bits per heavy atom. The van der Waals surface area contributed by atoms with Crippen LogP contribution in [0.4, 0.5) is 92.2 Å². The third-order valence-electron chi connectivity index (χ3n) is 16.3. The van der Waals surface area contributed by atoms with Gasteiger partial charge in [-0.1, -0.05) is 20.8 Å². The molecule has 4 unspecified atom stereocenters. The van der Waals surface area contributed by atoms with Gasteiger partial charge in [0.1, 0.15) is 94.0 Å². The second-order valence-electron chi connectivity index (χ2n) is 24.2. The molecule has 12 rings (SSSR count). The number of rotatable bonds is 21. The van der Waals surface area contributed by atoms with Crippen molar-refractivity contribution in [2.45, 2.75) is 150 Å². The number of aryl methyl sites for hydroxylation is 3. The number of pyridine rings is 4. The Hall–Kier alpha value is -11.0. The van der Waals surface area contributed by atoms with Crippen LogP contribution in [0.1, 0.15) is 167 Å². The number of hydrogen-bond donors (Lipinski definition) is 0. The molecule has 588 valence electrons. The predicted molar refractivity (Wildman–Crippen MR) is 351 cm³/mol. The monoisotopic (exact) mass is 1570 g/mol. The van der Waals surface area contributed by atoms with Gasteiger partial charge in [-0.15, -0.1) is 40.8 Å². The first-order chi connectivity index (χ1) is 51.8. The minimum absolute atomic E-state index is 0.0492. The molecule has 4 atom stereocenters. The average Bonchev–Trinajstić information content (AvgIpc) is 1.52. The molecule has 0 aliphatic heterocycles. The summed E-state index contributed by atoms with van der Waals surface area (Å²) in [7, 11) is 0. The highest BCUT2D eigenvalue weighted by atomic mass is 19.4. The van der Waals surface area contributed by atoms with E-state index in [2.05, 4.69) is 40.8 Å². The highest BCUT2D eigenvalue weighted by Gasteiger charge is 2.43. The summed E-state index contributed by atoms with van der Waals surface area (Å²) in [5.41, 5.74) is -6.69. The van der Waals surface area contributed by atoms with Crippen LogP contribution in [0.3, 0.4) is 0 Å². The Morgan fingerprint density at radius 2 is 0.573 bits per heavy atom. The van der Waals surface area contributed by atoms with Gasteiger partial charge in [-0.05, 0) is 115 Å². The summed E-state index contributed by atoms with van der Waals surface area (Å²) in [5.74, 6) is -9.93. The Labute approximate surface area is 610 Å². The van der Waals surface area contributed by atoms with Crippen molar-refractivity contribution in [3.63, 3.8) is 0 Å². The van der Waals surface area contributed by atoms with E-state index in [-0.39, 0.29) is 63.3 Å². The van der Waals surface area contributed by atoms with E-state index in [9.17, 15) is 92.2 Å². The maximum Gasteiger partial charge on any atom is 0.420 e. The average molecular weight is 1580 g/mol. The normalized spacial score (nSPS) is 13.1. The summed E-state index contributed by atoms with van der Waals surface area (Å²) in [6.45, 7) is 12.9. The first-order valence-corrected chi connectivity index (χ1v) is 33.3. The van der Waals surface area contributed by atoms with Gasteiger partial charge in [0.2, 0.25) is 0 Å². The Morgan fingerprint density at radius 1 is 0.318 bits per heavy atom. The van der Waals surface area contributed by atoms with Crippen molar-refractivity contribution >= 4 is 22.6 Å². The van der Waals surface area contributed by atoms with E-state index < -0.39 is 141 Å². The smallest absolute Gasteiger partial charge is 0.420 e. The lowest BCUT2D eigenvalue weighted by atomic mass is 10.0. The second kappa shape index (κ2) is 34.3. The molecule has 8 heterocycles. The van der Waals surface area contributed by atoms with E-state index in [4.69, 9.17) is 23.7 Å². The van der Waals surface area contributed by atoms with Crippen molar-refractivity contribution < 1.29 is 116 Å². The van der Waals surface area contributed by atoms with E-state index in [1.54, 1.807) is 6.92 Å². The summed E-state index contributed by atoms with van der Waals surface area (Å²) >= 11 is 0. The van der Waals surface area contributed by atoms with Gasteiger partial charge in [-0.2, -0.15) is 52.7 Å². The number of aromatic nitrogens is 12. The molecule has 8 aromatic heterocycles. The third kappa shape index (κ3) is 19.0. The first kappa shape index (κ1) is 83.1. The lowest BCUT2D eigenvalue weighted by molar-refractivity contribution is -0.138. The van der Waals surface area contributed by atoms with E-state index in [0.29, 0.717) is 92.9 Å². The molecule has 12 aromatic rings. The molecule has 0 radical (unpaired) electrons. The quantitative estimate of drug-likeness (QED) is 0.0624. The van der Waals surface area contributed by atoms with E-state index in [1.165, 1.54) is 83.9 Å². The fourth-order valence-electron chi connectivity index (χ4n) is 11.4. The van der Waals surface area contributed by atoms with Gasteiger partial charge in [0.25, 0.3) is 0 Å². The third-order valence-corrected chi connectivity index (χ3v) is 16.3. The van der Waals surface area contributed by atoms with Gasteiger partial charge in [0.15, 0.2) is 80.5 Å². The van der Waals surface area contributed by atoms with Crippen molar-refractivity contribution in [1.29, 1.82) is 0 Å². The molecule has 0 aliphatic rings. The molecule has 17 nitrogen and oxygen atoms in total. The number of ether oxygens (including phenoxy) is 5. The van der Waals surface area contributed by atoms with Crippen LogP contribution in [0.5, 0.6) is 23.0 Å². The topological polar surface area (TPSA) is 167 Å². The van der Waals surface area contributed by atoms with Crippen LogP contribution in [-0.4, -0.2) is 65.0 Å². The molecular weight excluding hydrogens is 1510 g/mol. The minimum Gasteiger partial charge on any atom is -0.483 e. The lowest BCUT2D eigenvalue weighted by Gasteiger charge is -2.21. The number of halogens is 21. The number of alkyl halides is 12. The van der Waals surface area contributed by atoms with Gasteiger partial charge in [-0.25, -0.2) is 39.5 Å².